The quantitative estimate of drug-likeness (QED) is 0.345. The lowest BCUT2D eigenvalue weighted by Crippen LogP contribution is -2.28. The first-order valence-corrected chi connectivity index (χ1v) is 7.78. The van der Waals surface area contributed by atoms with Crippen molar-refractivity contribution < 1.29 is 19.4 Å². The minimum absolute atomic E-state index is 0.179. The highest BCUT2D eigenvalue weighted by atomic mass is 16.7. The van der Waals surface area contributed by atoms with Crippen molar-refractivity contribution in [3.63, 3.8) is 0 Å². The van der Waals surface area contributed by atoms with Crippen LogP contribution in [0.15, 0.2) is 24.8 Å². The molecule has 5 heteroatoms. The highest BCUT2D eigenvalue weighted by molar-refractivity contribution is 5.71. The number of aliphatic hydroxyl groups excluding tert-OH is 1. The molecule has 2 N–H and O–H groups in total. The molecule has 0 rings (SSSR count). The fourth-order valence-corrected chi connectivity index (χ4v) is 2.06. The molecule has 0 amide bonds. The van der Waals surface area contributed by atoms with Crippen molar-refractivity contribution in [2.24, 2.45) is 17.8 Å². The summed E-state index contributed by atoms with van der Waals surface area (Å²) >= 11 is 0. The van der Waals surface area contributed by atoms with Crippen LogP contribution in [0.4, 0.5) is 0 Å². The summed E-state index contributed by atoms with van der Waals surface area (Å²) in [6, 6.07) is 0. The Labute approximate surface area is 134 Å². The first kappa shape index (κ1) is 20.3. The second kappa shape index (κ2) is 10.1. The van der Waals surface area contributed by atoms with Gasteiger partial charge in [0.2, 0.25) is 6.29 Å². The van der Waals surface area contributed by atoms with Crippen molar-refractivity contribution in [2.45, 2.75) is 53.8 Å². The summed E-state index contributed by atoms with van der Waals surface area (Å²) in [5.41, 5.74) is 0. The Morgan fingerprint density at radius 2 is 1.73 bits per heavy atom. The molecule has 0 aliphatic carbocycles. The van der Waals surface area contributed by atoms with E-state index in [2.05, 4.69) is 32.3 Å². The van der Waals surface area contributed by atoms with Crippen LogP contribution in [0.5, 0.6) is 0 Å². The third-order valence-electron chi connectivity index (χ3n) is 2.98. The Kier molecular flexibility index (Phi) is 9.38. The van der Waals surface area contributed by atoms with Gasteiger partial charge in [-0.3, -0.25) is 4.79 Å². The van der Waals surface area contributed by atoms with Crippen LogP contribution in [0.1, 0.15) is 47.5 Å². The molecule has 1 unspecified atom stereocenters. The minimum atomic E-state index is -0.689. The fraction of sp³-hybridized carbons (Fsp3) is 0.706. The van der Waals surface area contributed by atoms with Gasteiger partial charge < -0.3 is 19.9 Å². The number of carbonyl (C=O) groups is 1. The second-order valence-electron chi connectivity index (χ2n) is 6.35. The lowest BCUT2D eigenvalue weighted by atomic mass is 9.93. The lowest BCUT2D eigenvalue weighted by molar-refractivity contribution is -0.172. The van der Waals surface area contributed by atoms with Gasteiger partial charge >= 0.3 is 5.97 Å². The van der Waals surface area contributed by atoms with Crippen LogP contribution >= 0.6 is 0 Å². The van der Waals surface area contributed by atoms with E-state index in [9.17, 15) is 9.90 Å². The Hall–Kier alpha value is -1.65. The molecule has 0 aliphatic heterocycles. The molecule has 0 bridgehead atoms. The number of hydrogen-bond donors (Lipinski definition) is 2. The summed E-state index contributed by atoms with van der Waals surface area (Å²) in [5, 5.41) is 12.4. The van der Waals surface area contributed by atoms with Gasteiger partial charge in [0.05, 0.1) is 11.7 Å². The van der Waals surface area contributed by atoms with E-state index in [1.807, 2.05) is 0 Å². The largest absolute Gasteiger partial charge is 0.513 e. The highest BCUT2D eigenvalue weighted by Crippen LogP contribution is 2.18. The molecule has 0 fully saturated rings. The minimum Gasteiger partial charge on any atom is -0.513 e. The molecule has 0 saturated heterocycles. The first-order valence-electron chi connectivity index (χ1n) is 7.78. The van der Waals surface area contributed by atoms with Gasteiger partial charge in [-0.15, -0.1) is 0 Å². The fourth-order valence-electron chi connectivity index (χ4n) is 2.06. The number of carbonyl (C=O) groups excluding carboxylic acids is 1. The van der Waals surface area contributed by atoms with Crippen molar-refractivity contribution in [3.05, 3.63) is 24.8 Å². The maximum absolute atomic E-state index is 11.5. The third-order valence-corrected chi connectivity index (χ3v) is 2.98. The number of hydrogen-bond acceptors (Lipinski definition) is 5. The van der Waals surface area contributed by atoms with Gasteiger partial charge in [-0.25, -0.2) is 0 Å². The van der Waals surface area contributed by atoms with Crippen molar-refractivity contribution in [3.8, 4) is 0 Å². The second-order valence-corrected chi connectivity index (χ2v) is 6.35. The lowest BCUT2D eigenvalue weighted by Gasteiger charge is -2.22. The standard InChI is InChI=1S/C17H31NO4/c1-11(2)8-16(9-13(5)19)10-18-14(6)21-15(7)22-17(20)12(3)4/h11-12,15-16,18-19H,5-6,8-10H2,1-4,7H3/t15?,16-/m0/s1. The number of allylic oxidation sites excluding steroid dienone is 1. The predicted octanol–water partition coefficient (Wildman–Crippen LogP) is 3.73. The summed E-state index contributed by atoms with van der Waals surface area (Å²) in [6.07, 6.45) is 0.805. The molecular formula is C17H31NO4. The highest BCUT2D eigenvalue weighted by Gasteiger charge is 2.16. The summed E-state index contributed by atoms with van der Waals surface area (Å²) in [4.78, 5) is 11.5. The number of esters is 1. The molecule has 2 atom stereocenters. The smallest absolute Gasteiger partial charge is 0.311 e. The summed E-state index contributed by atoms with van der Waals surface area (Å²) in [5.74, 6) is 0.782. The topological polar surface area (TPSA) is 67.8 Å². The van der Waals surface area contributed by atoms with Crippen molar-refractivity contribution in [1.82, 2.24) is 5.32 Å². The van der Waals surface area contributed by atoms with Crippen LogP contribution in [0.25, 0.3) is 0 Å². The van der Waals surface area contributed by atoms with Crippen LogP contribution in [-0.2, 0) is 14.3 Å². The van der Waals surface area contributed by atoms with Gasteiger partial charge in [-0.05, 0) is 24.8 Å². The Morgan fingerprint density at radius 3 is 2.18 bits per heavy atom. The predicted molar refractivity (Wildman–Crippen MR) is 88.0 cm³/mol. The monoisotopic (exact) mass is 313 g/mol. The van der Waals surface area contributed by atoms with Gasteiger partial charge in [0.15, 0.2) is 5.88 Å². The number of rotatable bonds is 11. The Bertz CT molecular complexity index is 377. The first-order chi connectivity index (χ1) is 10.1. The molecule has 0 aromatic rings. The molecule has 0 spiro atoms. The van der Waals surface area contributed by atoms with E-state index in [1.165, 1.54) is 0 Å². The summed E-state index contributed by atoms with van der Waals surface area (Å²) in [7, 11) is 0. The molecule has 0 radical (unpaired) electrons. The van der Waals surface area contributed by atoms with Gasteiger partial charge in [-0.2, -0.15) is 0 Å². The molecule has 22 heavy (non-hydrogen) atoms. The van der Waals surface area contributed by atoms with Crippen LogP contribution < -0.4 is 5.32 Å². The number of ether oxygens (including phenoxy) is 2. The molecule has 0 heterocycles. The van der Waals surface area contributed by atoms with Crippen LogP contribution in [-0.4, -0.2) is 23.9 Å². The van der Waals surface area contributed by atoms with E-state index < -0.39 is 6.29 Å². The van der Waals surface area contributed by atoms with E-state index in [0.717, 1.165) is 6.42 Å². The van der Waals surface area contributed by atoms with Crippen molar-refractivity contribution >= 4 is 5.97 Å². The zero-order valence-corrected chi connectivity index (χ0v) is 14.5. The average molecular weight is 313 g/mol. The average Bonchev–Trinajstić information content (AvgIpc) is 2.34. The van der Waals surface area contributed by atoms with E-state index in [0.29, 0.717) is 24.8 Å². The molecule has 0 aromatic carbocycles. The van der Waals surface area contributed by atoms with E-state index in [1.54, 1.807) is 20.8 Å². The van der Waals surface area contributed by atoms with Crippen molar-refractivity contribution in [1.29, 1.82) is 0 Å². The normalized spacial score (nSPS) is 13.6. The molecular weight excluding hydrogens is 282 g/mol. The van der Waals surface area contributed by atoms with Gasteiger partial charge in [0, 0.05) is 19.9 Å². The number of aliphatic hydroxyl groups is 1. The van der Waals surface area contributed by atoms with E-state index >= 15 is 0 Å². The summed E-state index contributed by atoms with van der Waals surface area (Å²) < 4.78 is 10.5. The molecule has 0 aliphatic rings. The van der Waals surface area contributed by atoms with Crippen LogP contribution in [0.3, 0.4) is 0 Å². The zero-order chi connectivity index (χ0) is 17.3. The Balaban J connectivity index is 4.22. The molecule has 0 aromatic heterocycles. The maximum atomic E-state index is 11.5. The van der Waals surface area contributed by atoms with E-state index in [-0.39, 0.29) is 23.6 Å². The summed E-state index contributed by atoms with van der Waals surface area (Å²) in [6.45, 7) is 17.4. The van der Waals surface area contributed by atoms with Crippen LogP contribution in [0, 0.1) is 17.8 Å². The van der Waals surface area contributed by atoms with Crippen molar-refractivity contribution in [2.75, 3.05) is 6.54 Å². The molecule has 5 nitrogen and oxygen atoms in total. The maximum Gasteiger partial charge on any atom is 0.311 e. The van der Waals surface area contributed by atoms with Gasteiger partial charge in [-0.1, -0.05) is 34.3 Å². The molecule has 0 saturated carbocycles. The molecule has 128 valence electrons. The zero-order valence-electron chi connectivity index (χ0n) is 14.5. The van der Waals surface area contributed by atoms with Gasteiger partial charge in [0.25, 0.3) is 0 Å². The Morgan fingerprint density at radius 1 is 1.14 bits per heavy atom. The third kappa shape index (κ3) is 10.1. The number of nitrogens with one attached hydrogen (secondary N) is 1. The van der Waals surface area contributed by atoms with Gasteiger partial charge in [0.1, 0.15) is 0 Å². The SMILES string of the molecule is C=C(O)C[C@@H](CNC(=C)OC(C)OC(=O)C(C)C)CC(C)C. The van der Waals surface area contributed by atoms with Crippen LogP contribution in [0.2, 0.25) is 0 Å². The van der Waals surface area contributed by atoms with E-state index in [4.69, 9.17) is 9.47 Å².